The molecule has 0 aliphatic carbocycles. The average molecular weight is 239 g/mol. The van der Waals surface area contributed by atoms with Crippen LogP contribution in [0.5, 0.6) is 0 Å². The largest absolute Gasteiger partial charge is 0.379 e. The molecule has 0 spiro atoms. The van der Waals surface area contributed by atoms with Gasteiger partial charge in [0.1, 0.15) is 0 Å². The maximum atomic E-state index is 3.49. The van der Waals surface area contributed by atoms with Gasteiger partial charge in [-0.3, -0.25) is 0 Å². The summed E-state index contributed by atoms with van der Waals surface area (Å²) in [5, 5.41) is 6.91. The van der Waals surface area contributed by atoms with Gasteiger partial charge in [0.25, 0.3) is 0 Å². The smallest absolute Gasteiger partial charge is 0.0875 e. The van der Waals surface area contributed by atoms with Crippen molar-refractivity contribution in [2.45, 2.75) is 6.54 Å². The zero-order chi connectivity index (χ0) is 12.4. The lowest BCUT2D eigenvalue weighted by Gasteiger charge is -2.12. The molecule has 92 valence electrons. The summed E-state index contributed by atoms with van der Waals surface area (Å²) in [5.41, 5.74) is 4.92. The highest BCUT2D eigenvalue weighted by Crippen LogP contribution is 2.36. The van der Waals surface area contributed by atoms with Gasteiger partial charge in [-0.1, -0.05) is 36.4 Å². The highest BCUT2D eigenvalue weighted by Gasteiger charge is 2.17. The summed E-state index contributed by atoms with van der Waals surface area (Å²) in [6.07, 6.45) is 0. The highest BCUT2D eigenvalue weighted by molar-refractivity contribution is 5.86. The van der Waals surface area contributed by atoms with Crippen molar-refractivity contribution in [2.24, 2.45) is 0 Å². The Bertz CT molecular complexity index is 537. The summed E-state index contributed by atoms with van der Waals surface area (Å²) < 4.78 is 0. The first-order valence-corrected chi connectivity index (χ1v) is 6.20. The number of fused-ring (bicyclic) bond motifs is 1. The van der Waals surface area contributed by atoms with Gasteiger partial charge >= 0.3 is 0 Å². The lowest BCUT2D eigenvalue weighted by molar-refractivity contribution is 1.03. The topological polar surface area (TPSA) is 27.3 Å². The Morgan fingerprint density at radius 3 is 2.78 bits per heavy atom. The molecule has 0 saturated heterocycles. The molecule has 0 aromatic heterocycles. The third kappa shape index (κ3) is 1.99. The van der Waals surface area contributed by atoms with Crippen LogP contribution in [0.25, 0.3) is 0 Å². The first-order chi connectivity index (χ1) is 8.84. The van der Waals surface area contributed by atoms with Gasteiger partial charge < -0.3 is 15.5 Å². The summed E-state index contributed by atoms with van der Waals surface area (Å²) in [4.78, 5) is 2.21. The standard InChI is InChI=1S/C15H17N3/c1-18-11-17-15-13(8-5-9-14(15)18)16-10-12-6-3-2-4-7-12/h2-9,16-17H,10-11H2,1H3. The minimum atomic E-state index is 0.850. The lowest BCUT2D eigenvalue weighted by Crippen LogP contribution is -2.15. The zero-order valence-electron chi connectivity index (χ0n) is 10.5. The van der Waals surface area contributed by atoms with Crippen LogP contribution in [0.15, 0.2) is 48.5 Å². The van der Waals surface area contributed by atoms with Crippen LogP contribution in [-0.4, -0.2) is 13.7 Å². The molecule has 1 heterocycles. The van der Waals surface area contributed by atoms with Crippen molar-refractivity contribution in [1.29, 1.82) is 0 Å². The fourth-order valence-electron chi connectivity index (χ4n) is 2.27. The molecule has 3 rings (SSSR count). The number of benzene rings is 2. The molecule has 0 unspecified atom stereocenters. The van der Waals surface area contributed by atoms with E-state index in [2.05, 4.69) is 65.0 Å². The van der Waals surface area contributed by atoms with Crippen LogP contribution in [0.3, 0.4) is 0 Å². The van der Waals surface area contributed by atoms with Gasteiger partial charge in [-0.25, -0.2) is 0 Å². The molecule has 0 fully saturated rings. The predicted molar refractivity (Wildman–Crippen MR) is 77.1 cm³/mol. The van der Waals surface area contributed by atoms with Crippen molar-refractivity contribution in [1.82, 2.24) is 0 Å². The monoisotopic (exact) mass is 239 g/mol. The van der Waals surface area contributed by atoms with Crippen LogP contribution in [-0.2, 0) is 6.54 Å². The second-order valence-electron chi connectivity index (χ2n) is 4.57. The Hall–Kier alpha value is -2.16. The maximum Gasteiger partial charge on any atom is 0.0875 e. The van der Waals surface area contributed by atoms with E-state index in [4.69, 9.17) is 0 Å². The second kappa shape index (κ2) is 4.61. The van der Waals surface area contributed by atoms with E-state index >= 15 is 0 Å². The van der Waals surface area contributed by atoms with Gasteiger partial charge in [0.15, 0.2) is 0 Å². The molecule has 1 aliphatic heterocycles. The molecule has 0 atom stereocenters. The van der Waals surface area contributed by atoms with Crippen LogP contribution in [0, 0.1) is 0 Å². The van der Waals surface area contributed by atoms with Crippen LogP contribution in [0.4, 0.5) is 17.1 Å². The third-order valence-electron chi connectivity index (χ3n) is 3.27. The molecule has 0 amide bonds. The zero-order valence-corrected chi connectivity index (χ0v) is 10.5. The van der Waals surface area contributed by atoms with E-state index in [1.807, 2.05) is 6.07 Å². The Kier molecular flexibility index (Phi) is 2.81. The molecule has 0 radical (unpaired) electrons. The average Bonchev–Trinajstić information content (AvgIpc) is 2.80. The first kappa shape index (κ1) is 11.0. The number of para-hydroxylation sites is 1. The molecule has 1 aliphatic rings. The third-order valence-corrected chi connectivity index (χ3v) is 3.27. The van der Waals surface area contributed by atoms with Crippen molar-refractivity contribution in [3.8, 4) is 0 Å². The predicted octanol–water partition coefficient (Wildman–Crippen LogP) is 3.12. The minimum absolute atomic E-state index is 0.850. The van der Waals surface area contributed by atoms with Gasteiger partial charge in [-0.2, -0.15) is 0 Å². The van der Waals surface area contributed by atoms with Gasteiger partial charge in [0.2, 0.25) is 0 Å². The Labute approximate surface area is 107 Å². The van der Waals surface area contributed by atoms with Crippen molar-refractivity contribution < 1.29 is 0 Å². The van der Waals surface area contributed by atoms with Crippen LogP contribution < -0.4 is 15.5 Å². The fourth-order valence-corrected chi connectivity index (χ4v) is 2.27. The summed E-state index contributed by atoms with van der Waals surface area (Å²) in [6.45, 7) is 1.72. The second-order valence-corrected chi connectivity index (χ2v) is 4.57. The molecule has 0 bridgehead atoms. The molecule has 2 N–H and O–H groups in total. The van der Waals surface area contributed by atoms with E-state index in [1.54, 1.807) is 0 Å². The first-order valence-electron chi connectivity index (χ1n) is 6.20. The number of nitrogens with zero attached hydrogens (tertiary/aromatic N) is 1. The summed E-state index contributed by atoms with van der Waals surface area (Å²) in [5.74, 6) is 0. The maximum absolute atomic E-state index is 3.49. The molecule has 3 nitrogen and oxygen atoms in total. The van der Waals surface area contributed by atoms with Crippen molar-refractivity contribution >= 4 is 17.1 Å². The molecule has 0 saturated carbocycles. The van der Waals surface area contributed by atoms with Crippen LogP contribution >= 0.6 is 0 Å². The van der Waals surface area contributed by atoms with Crippen molar-refractivity contribution in [2.75, 3.05) is 29.2 Å². The van der Waals surface area contributed by atoms with E-state index in [1.165, 1.54) is 22.6 Å². The van der Waals surface area contributed by atoms with E-state index in [0.29, 0.717) is 0 Å². The molecule has 18 heavy (non-hydrogen) atoms. The lowest BCUT2D eigenvalue weighted by atomic mass is 10.2. The number of hydrogen-bond donors (Lipinski definition) is 2. The Morgan fingerprint density at radius 1 is 1.11 bits per heavy atom. The van der Waals surface area contributed by atoms with Crippen molar-refractivity contribution in [3.05, 3.63) is 54.1 Å². The van der Waals surface area contributed by atoms with E-state index in [9.17, 15) is 0 Å². The molecular weight excluding hydrogens is 222 g/mol. The van der Waals surface area contributed by atoms with Crippen molar-refractivity contribution in [3.63, 3.8) is 0 Å². The summed E-state index contributed by atoms with van der Waals surface area (Å²) in [7, 11) is 2.10. The molecule has 3 heteroatoms. The number of nitrogens with one attached hydrogen (secondary N) is 2. The molecule has 2 aromatic carbocycles. The summed E-state index contributed by atoms with van der Waals surface area (Å²) >= 11 is 0. The Balaban J connectivity index is 1.78. The normalized spacial score (nSPS) is 13.1. The SMILES string of the molecule is CN1CNc2c(NCc3ccccc3)cccc21. The van der Waals surface area contributed by atoms with Crippen LogP contribution in [0.2, 0.25) is 0 Å². The number of hydrogen-bond acceptors (Lipinski definition) is 3. The van der Waals surface area contributed by atoms with E-state index < -0.39 is 0 Å². The quantitative estimate of drug-likeness (QED) is 0.861. The highest BCUT2D eigenvalue weighted by atomic mass is 15.3. The van der Waals surface area contributed by atoms with Gasteiger partial charge in [-0.05, 0) is 17.7 Å². The van der Waals surface area contributed by atoms with Crippen LogP contribution in [0.1, 0.15) is 5.56 Å². The number of anilines is 3. The van der Waals surface area contributed by atoms with Gasteiger partial charge in [0.05, 0.1) is 23.7 Å². The summed E-state index contributed by atoms with van der Waals surface area (Å²) in [6, 6.07) is 16.8. The fraction of sp³-hybridized carbons (Fsp3) is 0.200. The molecule has 2 aromatic rings. The minimum Gasteiger partial charge on any atom is -0.379 e. The van der Waals surface area contributed by atoms with E-state index in [0.717, 1.165) is 13.2 Å². The van der Waals surface area contributed by atoms with Gasteiger partial charge in [-0.15, -0.1) is 0 Å². The van der Waals surface area contributed by atoms with E-state index in [-0.39, 0.29) is 0 Å². The molecular formula is C15H17N3. The van der Waals surface area contributed by atoms with Gasteiger partial charge in [0, 0.05) is 13.6 Å². The number of rotatable bonds is 3. The Morgan fingerprint density at radius 2 is 1.94 bits per heavy atom.